The topological polar surface area (TPSA) is 58.1 Å². The standard InChI is InChI=1S/C16H17ClN4O/c17-13-5-1-2-6-15(13)20-16(22)21-9-3-4-12(10-21)14-7-8-18-11-19-14/h1-2,5-8,11-12H,3-4,9-10H2,(H,20,22)/t12-/m0/s1. The first-order chi connectivity index (χ1) is 10.7. The van der Waals surface area contributed by atoms with Crippen LogP contribution in [0.1, 0.15) is 24.5 Å². The van der Waals surface area contributed by atoms with E-state index in [9.17, 15) is 4.79 Å². The zero-order chi connectivity index (χ0) is 15.4. The highest BCUT2D eigenvalue weighted by Gasteiger charge is 2.25. The highest BCUT2D eigenvalue weighted by atomic mass is 35.5. The molecule has 114 valence electrons. The number of hydrogen-bond acceptors (Lipinski definition) is 3. The summed E-state index contributed by atoms with van der Waals surface area (Å²) in [5, 5.41) is 3.42. The summed E-state index contributed by atoms with van der Waals surface area (Å²) in [6.45, 7) is 1.41. The molecule has 5 nitrogen and oxygen atoms in total. The SMILES string of the molecule is O=C(Nc1ccccc1Cl)N1CCC[C@H](c2ccncn2)C1. The first kappa shape index (κ1) is 14.8. The van der Waals surface area contributed by atoms with Crippen LogP contribution in [0.5, 0.6) is 0 Å². The Labute approximate surface area is 134 Å². The Kier molecular flexibility index (Phi) is 4.53. The second-order valence-electron chi connectivity index (χ2n) is 5.33. The Morgan fingerprint density at radius 2 is 2.18 bits per heavy atom. The fourth-order valence-corrected chi connectivity index (χ4v) is 2.89. The molecule has 0 unspecified atom stereocenters. The van der Waals surface area contributed by atoms with Crippen LogP contribution in [-0.4, -0.2) is 34.0 Å². The van der Waals surface area contributed by atoms with E-state index in [4.69, 9.17) is 11.6 Å². The number of rotatable bonds is 2. The highest BCUT2D eigenvalue weighted by Crippen LogP contribution is 2.26. The van der Waals surface area contributed by atoms with Crippen LogP contribution in [0.4, 0.5) is 10.5 Å². The van der Waals surface area contributed by atoms with Crippen LogP contribution in [0, 0.1) is 0 Å². The van der Waals surface area contributed by atoms with Gasteiger partial charge in [0, 0.05) is 30.9 Å². The highest BCUT2D eigenvalue weighted by molar-refractivity contribution is 6.33. The molecule has 1 aliphatic heterocycles. The largest absolute Gasteiger partial charge is 0.324 e. The van der Waals surface area contributed by atoms with Gasteiger partial charge in [-0.05, 0) is 31.0 Å². The van der Waals surface area contributed by atoms with Gasteiger partial charge in [0.2, 0.25) is 0 Å². The van der Waals surface area contributed by atoms with Gasteiger partial charge in [-0.1, -0.05) is 23.7 Å². The molecule has 1 aromatic carbocycles. The molecule has 2 aromatic rings. The van der Waals surface area contributed by atoms with Gasteiger partial charge in [-0.2, -0.15) is 0 Å². The van der Waals surface area contributed by atoms with Crippen molar-refractivity contribution in [3.05, 3.63) is 53.6 Å². The van der Waals surface area contributed by atoms with Crippen molar-refractivity contribution in [3.63, 3.8) is 0 Å². The van der Waals surface area contributed by atoms with E-state index < -0.39 is 0 Å². The molecule has 0 spiro atoms. The molecule has 2 heterocycles. The fraction of sp³-hybridized carbons (Fsp3) is 0.312. The number of nitrogens with one attached hydrogen (secondary N) is 1. The fourth-order valence-electron chi connectivity index (χ4n) is 2.70. The molecule has 0 saturated carbocycles. The van der Waals surface area contributed by atoms with E-state index in [1.165, 1.54) is 0 Å². The molecule has 1 aliphatic rings. The number of piperidine rings is 1. The lowest BCUT2D eigenvalue weighted by molar-refractivity contribution is 0.192. The van der Waals surface area contributed by atoms with Crippen LogP contribution in [-0.2, 0) is 0 Å². The lowest BCUT2D eigenvalue weighted by Gasteiger charge is -2.32. The number of urea groups is 1. The number of likely N-dealkylation sites (tertiary alicyclic amines) is 1. The van der Waals surface area contributed by atoms with Crippen molar-refractivity contribution in [1.82, 2.24) is 14.9 Å². The quantitative estimate of drug-likeness (QED) is 0.922. The molecule has 1 N–H and O–H groups in total. The Balaban J connectivity index is 1.67. The molecule has 0 aliphatic carbocycles. The number of anilines is 1. The molecule has 1 saturated heterocycles. The molecule has 22 heavy (non-hydrogen) atoms. The van der Waals surface area contributed by atoms with Crippen molar-refractivity contribution in [2.75, 3.05) is 18.4 Å². The predicted molar refractivity (Wildman–Crippen MR) is 86.1 cm³/mol. The molecule has 3 rings (SSSR count). The number of para-hydroxylation sites is 1. The lowest BCUT2D eigenvalue weighted by atomic mass is 9.95. The summed E-state index contributed by atoms with van der Waals surface area (Å²) in [7, 11) is 0. The van der Waals surface area contributed by atoms with Crippen molar-refractivity contribution >= 4 is 23.3 Å². The molecule has 1 atom stereocenters. The summed E-state index contributed by atoms with van der Waals surface area (Å²) in [5.74, 6) is 0.258. The number of benzene rings is 1. The van der Waals surface area contributed by atoms with E-state index in [1.807, 2.05) is 23.1 Å². The monoisotopic (exact) mass is 316 g/mol. The second-order valence-corrected chi connectivity index (χ2v) is 5.74. The average molecular weight is 317 g/mol. The second kappa shape index (κ2) is 6.75. The number of carbonyl (C=O) groups is 1. The molecule has 6 heteroatoms. The van der Waals surface area contributed by atoms with Crippen molar-refractivity contribution in [1.29, 1.82) is 0 Å². The summed E-state index contributed by atoms with van der Waals surface area (Å²) < 4.78 is 0. The van der Waals surface area contributed by atoms with Gasteiger partial charge >= 0.3 is 6.03 Å². The van der Waals surface area contributed by atoms with Crippen LogP contribution in [0.25, 0.3) is 0 Å². The maximum atomic E-state index is 12.4. The number of hydrogen-bond donors (Lipinski definition) is 1. The van der Waals surface area contributed by atoms with Crippen LogP contribution in [0.2, 0.25) is 5.02 Å². The molecule has 2 amide bonds. The Bertz CT molecular complexity index is 650. The summed E-state index contributed by atoms with van der Waals surface area (Å²) in [6.07, 6.45) is 5.29. The third-order valence-electron chi connectivity index (χ3n) is 3.85. The van der Waals surface area contributed by atoms with E-state index in [0.717, 1.165) is 25.1 Å². The van der Waals surface area contributed by atoms with Gasteiger partial charge in [-0.15, -0.1) is 0 Å². The van der Waals surface area contributed by atoms with Crippen molar-refractivity contribution in [2.24, 2.45) is 0 Å². The van der Waals surface area contributed by atoms with Gasteiger partial charge in [0.1, 0.15) is 6.33 Å². The summed E-state index contributed by atoms with van der Waals surface area (Å²) >= 11 is 6.08. The molecule has 0 radical (unpaired) electrons. The average Bonchev–Trinajstić information content (AvgIpc) is 2.58. The zero-order valence-electron chi connectivity index (χ0n) is 12.1. The first-order valence-corrected chi connectivity index (χ1v) is 7.68. The van der Waals surface area contributed by atoms with E-state index in [-0.39, 0.29) is 11.9 Å². The van der Waals surface area contributed by atoms with E-state index in [2.05, 4.69) is 15.3 Å². The third kappa shape index (κ3) is 3.36. The van der Waals surface area contributed by atoms with E-state index in [0.29, 0.717) is 17.3 Å². The molecule has 1 fully saturated rings. The predicted octanol–water partition coefficient (Wildman–Crippen LogP) is 3.54. The third-order valence-corrected chi connectivity index (χ3v) is 4.18. The number of carbonyl (C=O) groups excluding carboxylic acids is 1. The lowest BCUT2D eigenvalue weighted by Crippen LogP contribution is -2.41. The van der Waals surface area contributed by atoms with Crippen LogP contribution >= 0.6 is 11.6 Å². The first-order valence-electron chi connectivity index (χ1n) is 7.30. The number of aromatic nitrogens is 2. The normalized spacial score (nSPS) is 18.0. The van der Waals surface area contributed by atoms with Crippen molar-refractivity contribution < 1.29 is 4.79 Å². The van der Waals surface area contributed by atoms with E-state index in [1.54, 1.807) is 24.7 Å². The van der Waals surface area contributed by atoms with Gasteiger partial charge < -0.3 is 10.2 Å². The summed E-state index contributed by atoms with van der Waals surface area (Å²) in [5.41, 5.74) is 1.63. The molecular weight excluding hydrogens is 300 g/mol. The smallest absolute Gasteiger partial charge is 0.321 e. The maximum absolute atomic E-state index is 12.4. The van der Waals surface area contributed by atoms with E-state index >= 15 is 0 Å². The van der Waals surface area contributed by atoms with Gasteiger partial charge in [0.25, 0.3) is 0 Å². The zero-order valence-corrected chi connectivity index (χ0v) is 12.8. The van der Waals surface area contributed by atoms with Gasteiger partial charge in [0.05, 0.1) is 10.7 Å². The molecule has 0 bridgehead atoms. The summed E-state index contributed by atoms with van der Waals surface area (Å²) in [4.78, 5) is 22.5. The Morgan fingerprint density at radius 3 is 2.95 bits per heavy atom. The van der Waals surface area contributed by atoms with Crippen molar-refractivity contribution in [3.8, 4) is 0 Å². The minimum atomic E-state index is -0.119. The number of amides is 2. The van der Waals surface area contributed by atoms with Crippen LogP contribution in [0.15, 0.2) is 42.9 Å². The summed E-state index contributed by atoms with van der Waals surface area (Å²) in [6, 6.07) is 9.04. The molecule has 1 aromatic heterocycles. The van der Waals surface area contributed by atoms with Crippen molar-refractivity contribution in [2.45, 2.75) is 18.8 Å². The minimum absolute atomic E-state index is 0.119. The van der Waals surface area contributed by atoms with Gasteiger partial charge in [-0.3, -0.25) is 0 Å². The Hall–Kier alpha value is -2.14. The van der Waals surface area contributed by atoms with Crippen LogP contribution < -0.4 is 5.32 Å². The maximum Gasteiger partial charge on any atom is 0.321 e. The number of nitrogens with zero attached hydrogens (tertiary/aromatic N) is 3. The minimum Gasteiger partial charge on any atom is -0.324 e. The van der Waals surface area contributed by atoms with Gasteiger partial charge in [0.15, 0.2) is 0 Å². The number of halogens is 1. The molecular formula is C16H17ClN4O. The van der Waals surface area contributed by atoms with Crippen LogP contribution in [0.3, 0.4) is 0 Å². The Morgan fingerprint density at radius 1 is 1.32 bits per heavy atom. The van der Waals surface area contributed by atoms with Gasteiger partial charge in [-0.25, -0.2) is 14.8 Å².